The minimum Gasteiger partial charge on any atom is -0.380 e. The summed E-state index contributed by atoms with van der Waals surface area (Å²) in [7, 11) is 0. The summed E-state index contributed by atoms with van der Waals surface area (Å²) in [5.41, 5.74) is 1.43. The summed E-state index contributed by atoms with van der Waals surface area (Å²) in [6.45, 7) is 2.09. The Labute approximate surface area is 170 Å². The molecule has 0 saturated heterocycles. The molecule has 3 aromatic rings. The molecule has 8 nitrogen and oxygen atoms in total. The van der Waals surface area contributed by atoms with Gasteiger partial charge in [0.2, 0.25) is 5.95 Å². The molecule has 0 fully saturated rings. The molecule has 0 aliphatic carbocycles. The van der Waals surface area contributed by atoms with Crippen LogP contribution in [0, 0.1) is 0 Å². The standard InChI is InChI=1S/C19H21F3N6O2/c1-2-30-10-9-24-17(29)12-3-5-13(6-4-12)26-18-27-15-14(7-8-23-15)16(28-18)25-11-19(20,21)22/h3-8H,2,9-11H2,1H3,(H,24,29)(H3,23,25,26,27,28). The fraction of sp³-hybridized carbons (Fsp3) is 0.316. The third kappa shape index (κ3) is 5.83. The average molecular weight is 422 g/mol. The van der Waals surface area contributed by atoms with E-state index in [-0.39, 0.29) is 17.7 Å². The number of anilines is 3. The van der Waals surface area contributed by atoms with Crippen LogP contribution in [0.25, 0.3) is 11.0 Å². The van der Waals surface area contributed by atoms with Crippen LogP contribution in [0.15, 0.2) is 36.5 Å². The Morgan fingerprint density at radius 3 is 2.63 bits per heavy atom. The van der Waals surface area contributed by atoms with Crippen molar-refractivity contribution in [3.63, 3.8) is 0 Å². The molecule has 30 heavy (non-hydrogen) atoms. The Kier molecular flexibility index (Phi) is 6.72. The predicted octanol–water partition coefficient (Wildman–Crippen LogP) is 3.44. The molecule has 1 amide bonds. The first-order valence-electron chi connectivity index (χ1n) is 9.24. The van der Waals surface area contributed by atoms with Gasteiger partial charge in [-0.3, -0.25) is 4.79 Å². The summed E-state index contributed by atoms with van der Waals surface area (Å²) in [6.07, 6.45) is -2.80. The van der Waals surface area contributed by atoms with E-state index in [0.717, 1.165) is 0 Å². The van der Waals surface area contributed by atoms with Crippen LogP contribution in [0.4, 0.5) is 30.6 Å². The van der Waals surface area contributed by atoms with E-state index >= 15 is 0 Å². The van der Waals surface area contributed by atoms with E-state index in [1.165, 1.54) is 0 Å². The molecule has 1 aromatic carbocycles. The van der Waals surface area contributed by atoms with Gasteiger partial charge in [-0.15, -0.1) is 0 Å². The van der Waals surface area contributed by atoms with Crippen LogP contribution in [0.1, 0.15) is 17.3 Å². The maximum Gasteiger partial charge on any atom is 0.405 e. The molecule has 11 heteroatoms. The van der Waals surface area contributed by atoms with Crippen molar-refractivity contribution < 1.29 is 22.7 Å². The maximum absolute atomic E-state index is 12.6. The summed E-state index contributed by atoms with van der Waals surface area (Å²) < 4.78 is 42.9. The third-order valence-electron chi connectivity index (χ3n) is 4.01. The third-order valence-corrected chi connectivity index (χ3v) is 4.01. The van der Waals surface area contributed by atoms with Crippen molar-refractivity contribution in [3.05, 3.63) is 42.1 Å². The van der Waals surface area contributed by atoms with Crippen molar-refractivity contribution in [1.29, 1.82) is 0 Å². The second kappa shape index (κ2) is 9.44. The topological polar surface area (TPSA) is 104 Å². The number of benzene rings is 1. The lowest BCUT2D eigenvalue weighted by Crippen LogP contribution is -2.27. The molecule has 4 N–H and O–H groups in total. The van der Waals surface area contributed by atoms with Gasteiger partial charge in [-0.1, -0.05) is 0 Å². The van der Waals surface area contributed by atoms with E-state index in [2.05, 4.69) is 30.9 Å². The number of fused-ring (bicyclic) bond motifs is 1. The zero-order valence-electron chi connectivity index (χ0n) is 16.1. The van der Waals surface area contributed by atoms with E-state index in [1.54, 1.807) is 36.5 Å². The number of alkyl halides is 3. The summed E-state index contributed by atoms with van der Waals surface area (Å²) in [5, 5.41) is 8.42. The number of carbonyl (C=O) groups excluding carboxylic acids is 1. The number of hydrogen-bond donors (Lipinski definition) is 4. The average Bonchev–Trinajstić information content (AvgIpc) is 3.18. The first-order valence-corrected chi connectivity index (χ1v) is 9.24. The number of hydrogen-bond acceptors (Lipinski definition) is 6. The van der Waals surface area contributed by atoms with Crippen LogP contribution in [-0.4, -0.2) is 53.3 Å². The van der Waals surface area contributed by atoms with Gasteiger partial charge in [0.1, 0.15) is 18.0 Å². The van der Waals surface area contributed by atoms with Crippen LogP contribution in [-0.2, 0) is 4.74 Å². The van der Waals surface area contributed by atoms with Gasteiger partial charge in [0.05, 0.1) is 12.0 Å². The normalized spacial score (nSPS) is 11.5. The number of aromatic amines is 1. The molecule has 2 heterocycles. The smallest absolute Gasteiger partial charge is 0.380 e. The van der Waals surface area contributed by atoms with E-state index in [9.17, 15) is 18.0 Å². The number of carbonyl (C=O) groups is 1. The largest absolute Gasteiger partial charge is 0.405 e. The molecule has 0 spiro atoms. The highest BCUT2D eigenvalue weighted by Gasteiger charge is 2.27. The van der Waals surface area contributed by atoms with Crippen molar-refractivity contribution in [2.24, 2.45) is 0 Å². The molecule has 0 unspecified atom stereocenters. The fourth-order valence-electron chi connectivity index (χ4n) is 2.63. The highest BCUT2D eigenvalue weighted by Crippen LogP contribution is 2.24. The number of ether oxygens (including phenoxy) is 1. The number of aromatic nitrogens is 3. The summed E-state index contributed by atoms with van der Waals surface area (Å²) in [5.74, 6) is -0.0566. The SMILES string of the molecule is CCOCCNC(=O)c1ccc(Nc2nc(NCC(F)(F)F)c3cc[nH]c3n2)cc1. The van der Waals surface area contributed by atoms with E-state index in [0.29, 0.717) is 42.0 Å². The Balaban J connectivity index is 1.69. The van der Waals surface area contributed by atoms with Gasteiger partial charge in [0, 0.05) is 30.6 Å². The number of amides is 1. The van der Waals surface area contributed by atoms with Crippen molar-refractivity contribution in [3.8, 4) is 0 Å². The molecule has 0 bridgehead atoms. The van der Waals surface area contributed by atoms with Gasteiger partial charge in [-0.2, -0.15) is 23.1 Å². The number of H-pyrrole nitrogens is 1. The first-order chi connectivity index (χ1) is 14.4. The van der Waals surface area contributed by atoms with E-state index in [1.807, 2.05) is 6.92 Å². The minimum atomic E-state index is -4.37. The van der Waals surface area contributed by atoms with E-state index in [4.69, 9.17) is 4.74 Å². The van der Waals surface area contributed by atoms with Crippen molar-refractivity contribution in [2.45, 2.75) is 13.1 Å². The molecule has 0 atom stereocenters. The highest BCUT2D eigenvalue weighted by atomic mass is 19.4. The van der Waals surface area contributed by atoms with Gasteiger partial charge >= 0.3 is 6.18 Å². The lowest BCUT2D eigenvalue weighted by molar-refractivity contribution is -0.115. The minimum absolute atomic E-state index is 0.0615. The molecule has 0 aliphatic rings. The second-order valence-corrected chi connectivity index (χ2v) is 6.26. The lowest BCUT2D eigenvalue weighted by atomic mass is 10.2. The fourth-order valence-corrected chi connectivity index (χ4v) is 2.63. The molecular formula is C19H21F3N6O2. The molecule has 3 rings (SSSR count). The molecule has 0 aliphatic heterocycles. The summed E-state index contributed by atoms with van der Waals surface area (Å²) >= 11 is 0. The quantitative estimate of drug-likeness (QED) is 0.394. The molecule has 0 radical (unpaired) electrons. The number of nitrogens with one attached hydrogen (secondary N) is 4. The zero-order chi connectivity index (χ0) is 21.6. The Morgan fingerprint density at radius 1 is 1.17 bits per heavy atom. The van der Waals surface area contributed by atoms with Gasteiger partial charge < -0.3 is 25.7 Å². The molecule has 2 aromatic heterocycles. The van der Waals surface area contributed by atoms with Gasteiger partial charge in [0.25, 0.3) is 5.91 Å². The molecule has 0 saturated carbocycles. The van der Waals surface area contributed by atoms with Crippen LogP contribution in [0.2, 0.25) is 0 Å². The van der Waals surface area contributed by atoms with Crippen molar-refractivity contribution in [2.75, 3.05) is 36.9 Å². The van der Waals surface area contributed by atoms with Crippen LogP contribution < -0.4 is 16.0 Å². The van der Waals surface area contributed by atoms with Crippen molar-refractivity contribution >= 4 is 34.4 Å². The monoisotopic (exact) mass is 422 g/mol. The van der Waals surface area contributed by atoms with Crippen molar-refractivity contribution in [1.82, 2.24) is 20.3 Å². The summed E-state index contributed by atoms with van der Waals surface area (Å²) in [6, 6.07) is 8.14. The number of rotatable bonds is 9. The lowest BCUT2D eigenvalue weighted by Gasteiger charge is -2.12. The van der Waals surface area contributed by atoms with Gasteiger partial charge in [-0.05, 0) is 37.3 Å². The summed E-state index contributed by atoms with van der Waals surface area (Å²) in [4.78, 5) is 23.3. The maximum atomic E-state index is 12.6. The number of nitrogens with zero attached hydrogens (tertiary/aromatic N) is 2. The van der Waals surface area contributed by atoms with Crippen LogP contribution in [0.5, 0.6) is 0 Å². The second-order valence-electron chi connectivity index (χ2n) is 6.26. The molecule has 160 valence electrons. The van der Waals surface area contributed by atoms with Gasteiger partial charge in [0.15, 0.2) is 0 Å². The first kappa shape index (κ1) is 21.4. The van der Waals surface area contributed by atoms with E-state index < -0.39 is 12.7 Å². The highest BCUT2D eigenvalue weighted by molar-refractivity contribution is 5.94. The van der Waals surface area contributed by atoms with Crippen LogP contribution in [0.3, 0.4) is 0 Å². The predicted molar refractivity (Wildman–Crippen MR) is 107 cm³/mol. The van der Waals surface area contributed by atoms with Gasteiger partial charge in [-0.25, -0.2) is 0 Å². The zero-order valence-corrected chi connectivity index (χ0v) is 16.1. The Morgan fingerprint density at radius 2 is 1.93 bits per heavy atom. The van der Waals surface area contributed by atoms with Crippen LogP contribution >= 0.6 is 0 Å². The molecular weight excluding hydrogens is 401 g/mol. The number of halogens is 3. The Bertz CT molecular complexity index is 988. The Hall–Kier alpha value is -3.34.